The molecule has 0 bridgehead atoms. The summed E-state index contributed by atoms with van der Waals surface area (Å²) in [5.74, 6) is 2.96. The minimum Gasteiger partial charge on any atom is -0.371 e. The highest BCUT2D eigenvalue weighted by molar-refractivity contribution is 5.55. The largest absolute Gasteiger partial charge is 0.371 e. The molecular formula is C23H34N6. The van der Waals surface area contributed by atoms with E-state index in [4.69, 9.17) is 0 Å². The molecule has 0 unspecified atom stereocenters. The van der Waals surface area contributed by atoms with Crippen LogP contribution in [0.4, 0.5) is 5.69 Å². The molecule has 0 aliphatic carbocycles. The van der Waals surface area contributed by atoms with Crippen molar-refractivity contribution in [3.05, 3.63) is 41.0 Å². The highest BCUT2D eigenvalue weighted by Crippen LogP contribution is 2.30. The lowest BCUT2D eigenvalue weighted by atomic mass is 9.95. The maximum absolute atomic E-state index is 4.59. The van der Waals surface area contributed by atoms with Crippen LogP contribution in [0.2, 0.25) is 0 Å². The Morgan fingerprint density at radius 1 is 1.00 bits per heavy atom. The molecule has 4 heterocycles. The van der Waals surface area contributed by atoms with E-state index < -0.39 is 0 Å². The van der Waals surface area contributed by atoms with Crippen LogP contribution in [0.1, 0.15) is 54.4 Å². The first-order chi connectivity index (χ1) is 14.3. The van der Waals surface area contributed by atoms with Crippen LogP contribution in [0, 0.1) is 6.92 Å². The van der Waals surface area contributed by atoms with Gasteiger partial charge in [-0.05, 0) is 62.9 Å². The van der Waals surface area contributed by atoms with Gasteiger partial charge in [0, 0.05) is 57.3 Å². The van der Waals surface area contributed by atoms with Crippen LogP contribution in [-0.4, -0.2) is 58.9 Å². The van der Waals surface area contributed by atoms with Gasteiger partial charge in [0.15, 0.2) is 0 Å². The summed E-state index contributed by atoms with van der Waals surface area (Å²) in [6, 6.07) is 7.10. The van der Waals surface area contributed by atoms with Crippen LogP contribution in [0.5, 0.6) is 0 Å². The summed E-state index contributed by atoms with van der Waals surface area (Å²) in [6.45, 7) is 11.1. The number of aryl methyl sites for hydroxylation is 1. The van der Waals surface area contributed by atoms with Crippen molar-refractivity contribution in [2.45, 2.75) is 58.0 Å². The molecule has 2 saturated heterocycles. The molecule has 1 aromatic heterocycles. The predicted octanol–water partition coefficient (Wildman–Crippen LogP) is 2.71. The minimum absolute atomic E-state index is 0.560. The van der Waals surface area contributed by atoms with Crippen molar-refractivity contribution in [1.29, 1.82) is 0 Å². The molecule has 0 saturated carbocycles. The number of rotatable bonds is 4. The van der Waals surface area contributed by atoms with Crippen LogP contribution < -0.4 is 10.2 Å². The molecular weight excluding hydrogens is 360 g/mol. The molecule has 0 radical (unpaired) electrons. The first-order valence-electron chi connectivity index (χ1n) is 11.5. The molecule has 3 aliphatic rings. The standard InChI is InChI=1S/C23H34N6/c1-18-16-19(4-5-21(18)28-11-2-3-12-28)17-27-13-7-20(8-14-27)23-26-25-22-6-9-24-10-15-29(22)23/h4-5,16,20,24H,2-3,6-15,17H2,1H3. The van der Waals surface area contributed by atoms with Crippen LogP contribution >= 0.6 is 0 Å². The molecule has 6 nitrogen and oxygen atoms in total. The van der Waals surface area contributed by atoms with Gasteiger partial charge in [0.1, 0.15) is 11.6 Å². The third kappa shape index (κ3) is 4.05. The smallest absolute Gasteiger partial charge is 0.136 e. The molecule has 1 N–H and O–H groups in total. The Morgan fingerprint density at radius 2 is 1.83 bits per heavy atom. The molecule has 2 aromatic rings. The number of piperidine rings is 1. The highest BCUT2D eigenvalue weighted by Gasteiger charge is 2.26. The topological polar surface area (TPSA) is 49.2 Å². The summed E-state index contributed by atoms with van der Waals surface area (Å²) in [4.78, 5) is 5.16. The fourth-order valence-corrected chi connectivity index (χ4v) is 5.33. The van der Waals surface area contributed by atoms with E-state index in [2.05, 4.69) is 55.0 Å². The lowest BCUT2D eigenvalue weighted by molar-refractivity contribution is 0.200. The Hall–Kier alpha value is -1.92. The van der Waals surface area contributed by atoms with Crippen molar-refractivity contribution in [2.24, 2.45) is 0 Å². The molecule has 6 heteroatoms. The zero-order chi connectivity index (χ0) is 19.6. The van der Waals surface area contributed by atoms with Gasteiger partial charge in [-0.15, -0.1) is 10.2 Å². The van der Waals surface area contributed by atoms with E-state index in [-0.39, 0.29) is 0 Å². The Kier molecular flexibility index (Phi) is 5.55. The molecule has 1 aromatic carbocycles. The van der Waals surface area contributed by atoms with Gasteiger partial charge in [-0.25, -0.2) is 0 Å². The lowest BCUT2D eigenvalue weighted by Gasteiger charge is -2.32. The molecule has 0 atom stereocenters. The second kappa shape index (κ2) is 8.44. The zero-order valence-electron chi connectivity index (χ0n) is 17.7. The number of hydrogen-bond donors (Lipinski definition) is 1. The fourth-order valence-electron chi connectivity index (χ4n) is 5.33. The Balaban J connectivity index is 1.19. The summed E-state index contributed by atoms with van der Waals surface area (Å²) in [6.07, 6.45) is 6.05. The number of nitrogens with one attached hydrogen (secondary N) is 1. The molecule has 2 fully saturated rings. The predicted molar refractivity (Wildman–Crippen MR) is 116 cm³/mol. The van der Waals surface area contributed by atoms with E-state index >= 15 is 0 Å². The quantitative estimate of drug-likeness (QED) is 0.864. The summed E-state index contributed by atoms with van der Waals surface area (Å²) in [5, 5.41) is 12.5. The monoisotopic (exact) mass is 394 g/mol. The molecule has 0 spiro atoms. The zero-order valence-corrected chi connectivity index (χ0v) is 17.7. The minimum atomic E-state index is 0.560. The SMILES string of the molecule is Cc1cc(CN2CCC(c3nnc4n3CCNCC4)CC2)ccc1N1CCCC1. The maximum Gasteiger partial charge on any atom is 0.136 e. The third-order valence-electron chi connectivity index (χ3n) is 6.96. The van der Waals surface area contributed by atoms with E-state index in [1.807, 2.05) is 0 Å². The third-order valence-corrected chi connectivity index (χ3v) is 6.96. The van der Waals surface area contributed by atoms with Gasteiger partial charge in [0.05, 0.1) is 0 Å². The van der Waals surface area contributed by atoms with Gasteiger partial charge < -0.3 is 14.8 Å². The first kappa shape index (κ1) is 19.1. The number of fused-ring (bicyclic) bond motifs is 1. The van der Waals surface area contributed by atoms with Crippen LogP contribution in [0.25, 0.3) is 0 Å². The normalized spacial score (nSPS) is 21.3. The van der Waals surface area contributed by atoms with Gasteiger partial charge in [-0.2, -0.15) is 0 Å². The molecule has 156 valence electrons. The fraction of sp³-hybridized carbons (Fsp3) is 0.652. The second-order valence-electron chi connectivity index (χ2n) is 8.99. The summed E-state index contributed by atoms with van der Waals surface area (Å²) >= 11 is 0. The van der Waals surface area contributed by atoms with Gasteiger partial charge in [0.25, 0.3) is 0 Å². The number of hydrogen-bond acceptors (Lipinski definition) is 5. The number of aromatic nitrogens is 3. The van der Waals surface area contributed by atoms with Crippen molar-refractivity contribution in [3.63, 3.8) is 0 Å². The number of benzene rings is 1. The van der Waals surface area contributed by atoms with E-state index in [0.29, 0.717) is 5.92 Å². The molecule has 5 rings (SSSR count). The van der Waals surface area contributed by atoms with Gasteiger partial charge in [-0.3, -0.25) is 4.90 Å². The van der Waals surface area contributed by atoms with Crippen molar-refractivity contribution in [2.75, 3.05) is 44.2 Å². The number of anilines is 1. The van der Waals surface area contributed by atoms with Crippen LogP contribution in [0.15, 0.2) is 18.2 Å². The Morgan fingerprint density at radius 3 is 2.62 bits per heavy atom. The average molecular weight is 395 g/mol. The van der Waals surface area contributed by atoms with Crippen LogP contribution in [0.3, 0.4) is 0 Å². The highest BCUT2D eigenvalue weighted by atomic mass is 15.3. The molecule has 3 aliphatic heterocycles. The average Bonchev–Trinajstić information content (AvgIpc) is 3.34. The van der Waals surface area contributed by atoms with E-state index in [1.54, 1.807) is 0 Å². The molecule has 0 amide bonds. The van der Waals surface area contributed by atoms with Crippen molar-refractivity contribution >= 4 is 5.69 Å². The lowest BCUT2D eigenvalue weighted by Crippen LogP contribution is -2.33. The Bertz CT molecular complexity index is 830. The van der Waals surface area contributed by atoms with E-state index in [9.17, 15) is 0 Å². The Labute approximate surface area is 174 Å². The van der Waals surface area contributed by atoms with Gasteiger partial charge in [-0.1, -0.05) is 12.1 Å². The van der Waals surface area contributed by atoms with Crippen LogP contribution in [-0.2, 0) is 19.5 Å². The van der Waals surface area contributed by atoms with Crippen molar-refractivity contribution < 1.29 is 0 Å². The second-order valence-corrected chi connectivity index (χ2v) is 8.99. The van der Waals surface area contributed by atoms with Gasteiger partial charge in [0.2, 0.25) is 0 Å². The molecule has 29 heavy (non-hydrogen) atoms. The number of likely N-dealkylation sites (tertiary alicyclic amines) is 1. The van der Waals surface area contributed by atoms with E-state index in [1.165, 1.54) is 67.2 Å². The summed E-state index contributed by atoms with van der Waals surface area (Å²) in [5.41, 5.74) is 4.32. The van der Waals surface area contributed by atoms with Gasteiger partial charge >= 0.3 is 0 Å². The summed E-state index contributed by atoms with van der Waals surface area (Å²) < 4.78 is 2.39. The maximum atomic E-state index is 4.59. The summed E-state index contributed by atoms with van der Waals surface area (Å²) in [7, 11) is 0. The number of nitrogens with zero attached hydrogens (tertiary/aromatic N) is 5. The van der Waals surface area contributed by atoms with Crippen molar-refractivity contribution in [3.8, 4) is 0 Å². The first-order valence-corrected chi connectivity index (χ1v) is 11.5. The van der Waals surface area contributed by atoms with Crippen molar-refractivity contribution in [1.82, 2.24) is 25.0 Å². The van der Waals surface area contributed by atoms with E-state index in [0.717, 1.165) is 45.7 Å².